The molecular weight excluding hydrogens is 316 g/mol. The summed E-state index contributed by atoms with van der Waals surface area (Å²) in [6.07, 6.45) is 9.28. The molecule has 2 rings (SSSR count). The first kappa shape index (κ1) is 20.6. The molecular formula is C24H36N2. The van der Waals surface area contributed by atoms with Crippen molar-refractivity contribution in [2.45, 2.75) is 90.9 Å². The zero-order valence-corrected chi connectivity index (χ0v) is 18.0. The van der Waals surface area contributed by atoms with Crippen LogP contribution in [0.5, 0.6) is 0 Å². The zero-order valence-electron chi connectivity index (χ0n) is 18.0. The van der Waals surface area contributed by atoms with Crippen LogP contribution >= 0.6 is 0 Å². The number of aromatic nitrogens is 2. The minimum Gasteiger partial charge on any atom is -0.264 e. The summed E-state index contributed by atoms with van der Waals surface area (Å²) >= 11 is 0. The standard InChI is InChI=1S/C24H36N2/c1-9-18-14-20(17-25-16-18)24(7,8)12-11-23(5,6)19-10-13-26-21(15-19)22(2,3)4/h10,13-17H,9,11-12H2,1-8H3. The maximum absolute atomic E-state index is 4.59. The summed E-state index contributed by atoms with van der Waals surface area (Å²) in [4.78, 5) is 9.05. The van der Waals surface area contributed by atoms with E-state index in [1.54, 1.807) is 0 Å². The molecule has 0 fully saturated rings. The van der Waals surface area contributed by atoms with Crippen LogP contribution in [-0.2, 0) is 22.7 Å². The molecule has 2 heterocycles. The van der Waals surface area contributed by atoms with Gasteiger partial charge in [0.1, 0.15) is 0 Å². The van der Waals surface area contributed by atoms with Gasteiger partial charge in [0.2, 0.25) is 0 Å². The van der Waals surface area contributed by atoms with Crippen molar-refractivity contribution < 1.29 is 0 Å². The Labute approximate surface area is 160 Å². The Morgan fingerprint density at radius 2 is 1.42 bits per heavy atom. The summed E-state index contributed by atoms with van der Waals surface area (Å²) < 4.78 is 0. The van der Waals surface area contributed by atoms with Crippen molar-refractivity contribution in [1.29, 1.82) is 0 Å². The quantitative estimate of drug-likeness (QED) is 0.603. The fraction of sp³-hybridized carbons (Fsp3) is 0.583. The SMILES string of the molecule is CCc1cncc(C(C)(C)CCC(C)(C)c2ccnc(C(C)(C)C)c2)c1. The van der Waals surface area contributed by atoms with Gasteiger partial charge in [-0.1, -0.05) is 61.5 Å². The molecule has 0 saturated heterocycles. The molecule has 2 heteroatoms. The van der Waals surface area contributed by atoms with Crippen LogP contribution in [0, 0.1) is 0 Å². The molecule has 0 amide bonds. The van der Waals surface area contributed by atoms with Crippen molar-refractivity contribution in [2.75, 3.05) is 0 Å². The number of pyridine rings is 2. The summed E-state index contributed by atoms with van der Waals surface area (Å²) in [5.41, 5.74) is 5.54. The largest absolute Gasteiger partial charge is 0.264 e. The minimum atomic E-state index is 0.0810. The number of rotatable bonds is 6. The van der Waals surface area contributed by atoms with E-state index >= 15 is 0 Å². The Kier molecular flexibility index (Phi) is 5.95. The van der Waals surface area contributed by atoms with Gasteiger partial charge >= 0.3 is 0 Å². The topological polar surface area (TPSA) is 25.8 Å². The lowest BCUT2D eigenvalue weighted by Crippen LogP contribution is -2.25. The third kappa shape index (κ3) is 4.93. The summed E-state index contributed by atoms with van der Waals surface area (Å²) in [7, 11) is 0. The summed E-state index contributed by atoms with van der Waals surface area (Å²) in [6, 6.07) is 6.80. The monoisotopic (exact) mass is 352 g/mol. The Morgan fingerprint density at radius 3 is 2.00 bits per heavy atom. The first-order chi connectivity index (χ1) is 12.0. The van der Waals surface area contributed by atoms with Crippen LogP contribution in [0.15, 0.2) is 36.8 Å². The Morgan fingerprint density at radius 1 is 0.808 bits per heavy atom. The molecule has 0 spiro atoms. The Hall–Kier alpha value is -1.70. The highest BCUT2D eigenvalue weighted by Gasteiger charge is 2.28. The highest BCUT2D eigenvalue weighted by molar-refractivity contribution is 5.29. The van der Waals surface area contributed by atoms with E-state index in [2.05, 4.69) is 83.6 Å². The van der Waals surface area contributed by atoms with Crippen molar-refractivity contribution in [3.8, 4) is 0 Å². The molecule has 142 valence electrons. The van der Waals surface area contributed by atoms with E-state index in [1.165, 1.54) is 22.4 Å². The second kappa shape index (κ2) is 7.50. The second-order valence-electron chi connectivity index (χ2n) is 9.88. The van der Waals surface area contributed by atoms with Crippen molar-refractivity contribution in [1.82, 2.24) is 9.97 Å². The normalized spacial score (nSPS) is 13.1. The van der Waals surface area contributed by atoms with Gasteiger partial charge in [0.05, 0.1) is 0 Å². The van der Waals surface area contributed by atoms with Gasteiger partial charge in [-0.05, 0) is 58.9 Å². The van der Waals surface area contributed by atoms with Crippen LogP contribution < -0.4 is 0 Å². The average molecular weight is 353 g/mol. The number of hydrogen-bond donors (Lipinski definition) is 0. The van der Waals surface area contributed by atoms with E-state index < -0.39 is 0 Å². The van der Waals surface area contributed by atoms with Gasteiger partial charge in [-0.25, -0.2) is 0 Å². The summed E-state index contributed by atoms with van der Waals surface area (Å²) in [5.74, 6) is 0. The van der Waals surface area contributed by atoms with Gasteiger partial charge in [-0.15, -0.1) is 0 Å². The van der Waals surface area contributed by atoms with Gasteiger partial charge in [0.15, 0.2) is 0 Å². The lowest BCUT2D eigenvalue weighted by atomic mass is 9.72. The average Bonchev–Trinajstić information content (AvgIpc) is 2.60. The van der Waals surface area contributed by atoms with E-state index in [0.717, 1.165) is 19.3 Å². The van der Waals surface area contributed by atoms with Crippen LogP contribution in [0.1, 0.15) is 90.6 Å². The molecule has 2 aromatic heterocycles. The zero-order chi connectivity index (χ0) is 19.6. The van der Waals surface area contributed by atoms with Crippen molar-refractivity contribution in [3.05, 3.63) is 59.2 Å². The van der Waals surface area contributed by atoms with Crippen molar-refractivity contribution in [3.63, 3.8) is 0 Å². The van der Waals surface area contributed by atoms with Gasteiger partial charge in [-0.3, -0.25) is 9.97 Å². The minimum absolute atomic E-state index is 0.0810. The molecule has 0 aliphatic heterocycles. The molecule has 0 aliphatic carbocycles. The fourth-order valence-electron chi connectivity index (χ4n) is 3.23. The molecule has 2 aromatic rings. The van der Waals surface area contributed by atoms with Gasteiger partial charge in [-0.2, -0.15) is 0 Å². The van der Waals surface area contributed by atoms with E-state index in [-0.39, 0.29) is 16.2 Å². The summed E-state index contributed by atoms with van der Waals surface area (Å²) in [5, 5.41) is 0. The maximum Gasteiger partial charge on any atom is 0.0459 e. The number of hydrogen-bond acceptors (Lipinski definition) is 2. The molecule has 0 aliphatic rings. The predicted molar refractivity (Wildman–Crippen MR) is 112 cm³/mol. The predicted octanol–water partition coefficient (Wildman–Crippen LogP) is 6.37. The smallest absolute Gasteiger partial charge is 0.0459 e. The molecule has 0 radical (unpaired) electrons. The maximum atomic E-state index is 4.59. The second-order valence-corrected chi connectivity index (χ2v) is 9.88. The third-order valence-electron chi connectivity index (χ3n) is 5.67. The molecule has 0 unspecified atom stereocenters. The highest BCUT2D eigenvalue weighted by Crippen LogP contribution is 2.36. The molecule has 0 bridgehead atoms. The third-order valence-corrected chi connectivity index (χ3v) is 5.67. The van der Waals surface area contributed by atoms with Crippen LogP contribution in [-0.4, -0.2) is 9.97 Å². The van der Waals surface area contributed by atoms with E-state index in [1.807, 2.05) is 18.6 Å². The highest BCUT2D eigenvalue weighted by atomic mass is 14.7. The molecule has 0 atom stereocenters. The van der Waals surface area contributed by atoms with Crippen LogP contribution in [0.2, 0.25) is 0 Å². The van der Waals surface area contributed by atoms with Crippen LogP contribution in [0.4, 0.5) is 0 Å². The van der Waals surface area contributed by atoms with E-state index in [4.69, 9.17) is 0 Å². The fourth-order valence-corrected chi connectivity index (χ4v) is 3.23. The Bertz CT molecular complexity index is 736. The molecule has 0 N–H and O–H groups in total. The van der Waals surface area contributed by atoms with Gasteiger partial charge in [0.25, 0.3) is 0 Å². The molecule has 0 aromatic carbocycles. The molecule has 26 heavy (non-hydrogen) atoms. The van der Waals surface area contributed by atoms with Gasteiger partial charge < -0.3 is 0 Å². The Balaban J connectivity index is 2.18. The lowest BCUT2D eigenvalue weighted by molar-refractivity contribution is 0.373. The first-order valence-corrected chi connectivity index (χ1v) is 9.87. The summed E-state index contributed by atoms with van der Waals surface area (Å²) in [6.45, 7) is 18.2. The number of aryl methyl sites for hydroxylation is 1. The molecule has 2 nitrogen and oxygen atoms in total. The van der Waals surface area contributed by atoms with Crippen LogP contribution in [0.25, 0.3) is 0 Å². The van der Waals surface area contributed by atoms with Crippen molar-refractivity contribution in [2.24, 2.45) is 0 Å². The van der Waals surface area contributed by atoms with E-state index in [0.29, 0.717) is 0 Å². The van der Waals surface area contributed by atoms with Crippen molar-refractivity contribution >= 4 is 0 Å². The molecule has 0 saturated carbocycles. The lowest BCUT2D eigenvalue weighted by Gasteiger charge is -2.32. The number of nitrogens with zero attached hydrogens (tertiary/aromatic N) is 2. The van der Waals surface area contributed by atoms with E-state index in [9.17, 15) is 0 Å². The van der Waals surface area contributed by atoms with Crippen LogP contribution in [0.3, 0.4) is 0 Å². The first-order valence-electron chi connectivity index (χ1n) is 9.87. The van der Waals surface area contributed by atoms with Gasteiger partial charge in [0, 0.05) is 29.7 Å².